The summed E-state index contributed by atoms with van der Waals surface area (Å²) in [6.45, 7) is 8.64. The van der Waals surface area contributed by atoms with E-state index in [1.165, 1.54) is 11.8 Å². The molecule has 0 radical (unpaired) electrons. The van der Waals surface area contributed by atoms with Crippen LogP contribution in [0.1, 0.15) is 49.3 Å². The van der Waals surface area contributed by atoms with Gasteiger partial charge in [-0.25, -0.2) is 4.79 Å². The molecule has 150 valence electrons. The highest BCUT2D eigenvalue weighted by Crippen LogP contribution is 2.34. The van der Waals surface area contributed by atoms with Crippen LogP contribution >= 0.6 is 11.8 Å². The van der Waals surface area contributed by atoms with E-state index in [9.17, 15) is 14.7 Å². The Morgan fingerprint density at radius 3 is 2.46 bits per heavy atom. The Morgan fingerprint density at radius 1 is 1.21 bits per heavy atom. The van der Waals surface area contributed by atoms with Gasteiger partial charge in [-0.2, -0.15) is 0 Å². The first-order chi connectivity index (χ1) is 13.3. The van der Waals surface area contributed by atoms with Gasteiger partial charge in [0, 0.05) is 18.0 Å². The van der Waals surface area contributed by atoms with Crippen LogP contribution in [0.2, 0.25) is 0 Å². The van der Waals surface area contributed by atoms with E-state index in [4.69, 9.17) is 0 Å². The second-order valence-corrected chi connectivity index (χ2v) is 9.06. The summed E-state index contributed by atoms with van der Waals surface area (Å²) in [6.07, 6.45) is 3.73. The van der Waals surface area contributed by atoms with E-state index >= 15 is 0 Å². The minimum Gasteiger partial charge on any atom is -0.396 e. The third kappa shape index (κ3) is 4.50. The first-order valence-corrected chi connectivity index (χ1v) is 10.5. The summed E-state index contributed by atoms with van der Waals surface area (Å²) in [5, 5.41) is 10.1. The van der Waals surface area contributed by atoms with Crippen LogP contribution in [0.15, 0.2) is 49.4 Å². The molecule has 0 aliphatic heterocycles. The van der Waals surface area contributed by atoms with E-state index in [2.05, 4.69) is 29.3 Å². The zero-order valence-electron chi connectivity index (χ0n) is 16.9. The third-order valence-corrected chi connectivity index (χ3v) is 6.19. The van der Waals surface area contributed by atoms with Crippen molar-refractivity contribution in [1.29, 1.82) is 0 Å². The summed E-state index contributed by atoms with van der Waals surface area (Å²) in [5.74, 6) is 0.223. The maximum Gasteiger partial charge on any atom is 0.329 e. The smallest absolute Gasteiger partial charge is 0.329 e. The maximum absolute atomic E-state index is 12.7. The summed E-state index contributed by atoms with van der Waals surface area (Å²) in [6, 6.07) is 6.26. The number of nitrogens with one attached hydrogen (secondary N) is 1. The van der Waals surface area contributed by atoms with Gasteiger partial charge in [-0.05, 0) is 61.8 Å². The summed E-state index contributed by atoms with van der Waals surface area (Å²) in [7, 11) is 0. The number of aromatic amines is 1. The number of H-pyrrole nitrogens is 1. The standard InChI is InChI=1S/C22H28N2O3S/c1-13(2)19-20(26)23-22(27)24(11-16-5-6-17(10-16)12-25)21(19)28-18-8-14(3)7-15(4)9-18/h5,7-9,13,17,25H,6,10-12H2,1-4H3,(H,23,26,27). The van der Waals surface area contributed by atoms with E-state index in [-0.39, 0.29) is 29.7 Å². The highest BCUT2D eigenvalue weighted by molar-refractivity contribution is 7.99. The summed E-state index contributed by atoms with van der Waals surface area (Å²) >= 11 is 1.48. The molecule has 0 amide bonds. The van der Waals surface area contributed by atoms with Crippen LogP contribution in [0.4, 0.5) is 0 Å². The Balaban J connectivity index is 2.09. The van der Waals surface area contributed by atoms with Crippen LogP contribution in [0, 0.1) is 19.8 Å². The average molecular weight is 401 g/mol. The van der Waals surface area contributed by atoms with Crippen molar-refractivity contribution in [3.05, 3.63) is 67.4 Å². The van der Waals surface area contributed by atoms with Crippen LogP contribution in [-0.2, 0) is 6.54 Å². The number of allylic oxidation sites excluding steroid dienone is 2. The van der Waals surface area contributed by atoms with Crippen molar-refractivity contribution in [2.45, 2.75) is 62.9 Å². The number of hydrogen-bond donors (Lipinski definition) is 2. The predicted molar refractivity (Wildman–Crippen MR) is 113 cm³/mol. The minimum absolute atomic E-state index is 0.00764. The lowest BCUT2D eigenvalue weighted by Crippen LogP contribution is -2.34. The predicted octanol–water partition coefficient (Wildman–Crippen LogP) is 3.76. The first-order valence-electron chi connectivity index (χ1n) is 9.70. The molecule has 1 aromatic carbocycles. The average Bonchev–Trinajstić information content (AvgIpc) is 3.04. The second kappa shape index (κ2) is 8.53. The van der Waals surface area contributed by atoms with Crippen LogP contribution in [0.5, 0.6) is 0 Å². The van der Waals surface area contributed by atoms with Gasteiger partial charge in [0.2, 0.25) is 0 Å². The van der Waals surface area contributed by atoms with Gasteiger partial charge in [0.1, 0.15) is 0 Å². The summed E-state index contributed by atoms with van der Waals surface area (Å²) in [5.41, 5.74) is 3.38. The van der Waals surface area contributed by atoms with Gasteiger partial charge in [0.25, 0.3) is 5.56 Å². The largest absolute Gasteiger partial charge is 0.396 e. The minimum atomic E-state index is -0.380. The van der Waals surface area contributed by atoms with Gasteiger partial charge >= 0.3 is 5.69 Å². The Bertz CT molecular complexity index is 997. The molecule has 5 nitrogen and oxygen atoms in total. The number of aromatic nitrogens is 2. The van der Waals surface area contributed by atoms with Crippen molar-refractivity contribution in [2.75, 3.05) is 6.61 Å². The fraction of sp³-hybridized carbons (Fsp3) is 0.455. The number of rotatable bonds is 6. The Morgan fingerprint density at radius 2 is 1.89 bits per heavy atom. The number of hydrogen-bond acceptors (Lipinski definition) is 4. The van der Waals surface area contributed by atoms with Gasteiger partial charge in [-0.3, -0.25) is 14.3 Å². The fourth-order valence-electron chi connectivity index (χ4n) is 3.78. The molecule has 0 saturated heterocycles. The molecule has 1 unspecified atom stereocenters. The second-order valence-electron chi connectivity index (χ2n) is 8.00. The van der Waals surface area contributed by atoms with Crippen LogP contribution in [0.3, 0.4) is 0 Å². The Labute approximate surface area is 169 Å². The highest BCUT2D eigenvalue weighted by Gasteiger charge is 2.22. The quantitative estimate of drug-likeness (QED) is 0.572. The van der Waals surface area contributed by atoms with E-state index in [0.29, 0.717) is 17.1 Å². The van der Waals surface area contributed by atoms with Crippen molar-refractivity contribution in [1.82, 2.24) is 9.55 Å². The molecule has 1 aliphatic carbocycles. The number of benzene rings is 1. The van der Waals surface area contributed by atoms with Crippen molar-refractivity contribution in [2.24, 2.45) is 5.92 Å². The van der Waals surface area contributed by atoms with E-state index in [0.717, 1.165) is 34.4 Å². The molecule has 0 fully saturated rings. The van der Waals surface area contributed by atoms with Crippen molar-refractivity contribution in [3.63, 3.8) is 0 Å². The van der Waals surface area contributed by atoms with Crippen LogP contribution < -0.4 is 11.2 Å². The monoisotopic (exact) mass is 400 g/mol. The first kappa shape index (κ1) is 20.7. The number of aliphatic hydroxyl groups is 1. The lowest BCUT2D eigenvalue weighted by molar-refractivity contribution is 0.232. The van der Waals surface area contributed by atoms with Crippen molar-refractivity contribution < 1.29 is 5.11 Å². The summed E-state index contributed by atoms with van der Waals surface area (Å²) in [4.78, 5) is 28.8. The molecule has 2 N–H and O–H groups in total. The van der Waals surface area contributed by atoms with Gasteiger partial charge in [0.15, 0.2) is 0 Å². The zero-order chi connectivity index (χ0) is 20.4. The SMILES string of the molecule is Cc1cc(C)cc(Sc2c(C(C)C)c(=O)[nH]c(=O)n2CC2=CCC(CO)C2)c1. The summed E-state index contributed by atoms with van der Waals surface area (Å²) < 4.78 is 1.69. The molecular formula is C22H28N2O3S. The molecule has 3 rings (SSSR count). The van der Waals surface area contributed by atoms with Gasteiger partial charge in [0.05, 0.1) is 10.6 Å². The fourth-order valence-corrected chi connectivity index (χ4v) is 5.18. The maximum atomic E-state index is 12.7. The lowest BCUT2D eigenvalue weighted by Gasteiger charge is -2.19. The number of aryl methyl sites for hydroxylation is 2. The molecule has 0 saturated carbocycles. The van der Waals surface area contributed by atoms with Gasteiger partial charge in [-0.15, -0.1) is 0 Å². The van der Waals surface area contributed by atoms with Crippen LogP contribution in [-0.4, -0.2) is 21.3 Å². The van der Waals surface area contributed by atoms with Crippen molar-refractivity contribution in [3.8, 4) is 0 Å². The van der Waals surface area contributed by atoms with Gasteiger partial charge < -0.3 is 5.11 Å². The zero-order valence-corrected chi connectivity index (χ0v) is 17.7. The molecular weight excluding hydrogens is 372 g/mol. The molecule has 1 aromatic heterocycles. The Hall–Kier alpha value is -2.05. The Kier molecular flexibility index (Phi) is 6.30. The normalized spacial score (nSPS) is 16.6. The van der Waals surface area contributed by atoms with Crippen LogP contribution in [0.25, 0.3) is 0 Å². The molecule has 0 spiro atoms. The third-order valence-electron chi connectivity index (χ3n) is 5.08. The lowest BCUT2D eigenvalue weighted by atomic mass is 10.1. The van der Waals surface area contributed by atoms with E-state index in [1.807, 2.05) is 27.7 Å². The van der Waals surface area contributed by atoms with E-state index in [1.54, 1.807) is 4.57 Å². The van der Waals surface area contributed by atoms with Gasteiger partial charge in [-0.1, -0.05) is 43.3 Å². The number of nitrogens with zero attached hydrogens (tertiary/aromatic N) is 1. The van der Waals surface area contributed by atoms with E-state index < -0.39 is 0 Å². The molecule has 1 aliphatic rings. The molecule has 2 aromatic rings. The molecule has 1 heterocycles. The molecule has 6 heteroatoms. The molecule has 28 heavy (non-hydrogen) atoms. The molecule has 0 bridgehead atoms. The number of aliphatic hydroxyl groups excluding tert-OH is 1. The molecule has 1 atom stereocenters. The van der Waals surface area contributed by atoms with Crippen molar-refractivity contribution >= 4 is 11.8 Å². The highest BCUT2D eigenvalue weighted by atomic mass is 32.2. The topological polar surface area (TPSA) is 75.1 Å².